The smallest absolute Gasteiger partial charge is 0.410 e. The number of piperidine rings is 2. The van der Waals surface area contributed by atoms with Crippen molar-refractivity contribution in [3.63, 3.8) is 0 Å². The molecule has 4 rings (SSSR count). The molecule has 176 valence electrons. The number of carbonyl (C=O) groups excluding carboxylic acids is 2. The Morgan fingerprint density at radius 2 is 1.52 bits per heavy atom. The van der Waals surface area contributed by atoms with E-state index in [9.17, 15) is 9.59 Å². The van der Waals surface area contributed by atoms with Gasteiger partial charge in [-0.25, -0.2) is 9.59 Å². The number of benzene rings is 2. The molecule has 2 aromatic rings. The van der Waals surface area contributed by atoms with Gasteiger partial charge in [-0.3, -0.25) is 0 Å². The summed E-state index contributed by atoms with van der Waals surface area (Å²) in [5.74, 6) is 0.385. The maximum absolute atomic E-state index is 12.7. The van der Waals surface area contributed by atoms with Crippen LogP contribution >= 0.6 is 0 Å². The Bertz CT molecular complexity index is 912. The van der Waals surface area contributed by atoms with Crippen molar-refractivity contribution in [1.29, 1.82) is 0 Å². The average molecular weight is 451 g/mol. The summed E-state index contributed by atoms with van der Waals surface area (Å²) in [6.45, 7) is 5.27. The van der Waals surface area contributed by atoms with Gasteiger partial charge in [0.25, 0.3) is 0 Å². The number of carbonyl (C=O) groups is 2. The molecule has 2 aliphatic rings. The minimum Gasteiger partial charge on any atom is -0.450 e. The van der Waals surface area contributed by atoms with Gasteiger partial charge in [0.15, 0.2) is 0 Å². The average Bonchev–Trinajstić information content (AvgIpc) is 2.88. The van der Waals surface area contributed by atoms with E-state index in [2.05, 4.69) is 24.3 Å². The molecule has 0 N–H and O–H groups in total. The molecule has 2 aliphatic heterocycles. The lowest BCUT2D eigenvalue weighted by atomic mass is 9.62. The molecule has 0 radical (unpaired) electrons. The van der Waals surface area contributed by atoms with Crippen molar-refractivity contribution < 1.29 is 19.1 Å². The van der Waals surface area contributed by atoms with Gasteiger partial charge in [-0.05, 0) is 49.7 Å². The molecule has 0 saturated carbocycles. The molecule has 1 atom stereocenters. The van der Waals surface area contributed by atoms with Crippen molar-refractivity contribution in [2.75, 3.05) is 32.8 Å². The second-order valence-electron chi connectivity index (χ2n) is 9.05. The van der Waals surface area contributed by atoms with Crippen LogP contribution in [0.15, 0.2) is 60.7 Å². The summed E-state index contributed by atoms with van der Waals surface area (Å²) in [4.78, 5) is 28.9. The summed E-state index contributed by atoms with van der Waals surface area (Å²) in [5, 5.41) is 0. The number of nitrogens with zero attached hydrogens (tertiary/aromatic N) is 2. The zero-order valence-electron chi connectivity index (χ0n) is 19.4. The second kappa shape index (κ2) is 10.7. The van der Waals surface area contributed by atoms with Crippen molar-refractivity contribution in [1.82, 2.24) is 9.80 Å². The Labute approximate surface area is 196 Å². The topological polar surface area (TPSA) is 59.1 Å². The van der Waals surface area contributed by atoms with Crippen LogP contribution in [0.2, 0.25) is 0 Å². The van der Waals surface area contributed by atoms with E-state index in [-0.39, 0.29) is 17.6 Å². The van der Waals surface area contributed by atoms with Gasteiger partial charge in [0.2, 0.25) is 0 Å². The fourth-order valence-electron chi connectivity index (χ4n) is 5.45. The van der Waals surface area contributed by atoms with Gasteiger partial charge in [0.05, 0.1) is 6.61 Å². The van der Waals surface area contributed by atoms with Crippen LogP contribution in [-0.4, -0.2) is 54.8 Å². The van der Waals surface area contributed by atoms with Gasteiger partial charge < -0.3 is 19.3 Å². The van der Waals surface area contributed by atoms with Crippen LogP contribution in [0.25, 0.3) is 0 Å². The first-order valence-corrected chi connectivity index (χ1v) is 12.1. The van der Waals surface area contributed by atoms with Crippen LogP contribution in [0.5, 0.6) is 0 Å². The molecular formula is C27H34N2O4. The molecule has 6 nitrogen and oxygen atoms in total. The highest BCUT2D eigenvalue weighted by atomic mass is 16.6. The van der Waals surface area contributed by atoms with Crippen LogP contribution < -0.4 is 0 Å². The predicted octanol–water partition coefficient (Wildman–Crippen LogP) is 5.23. The first-order valence-electron chi connectivity index (χ1n) is 12.1. The summed E-state index contributed by atoms with van der Waals surface area (Å²) in [5.41, 5.74) is 2.15. The molecular weight excluding hydrogens is 416 g/mol. The minimum atomic E-state index is -0.247. The zero-order chi connectivity index (χ0) is 23.1. The van der Waals surface area contributed by atoms with E-state index in [1.807, 2.05) is 53.1 Å². The Morgan fingerprint density at radius 3 is 2.18 bits per heavy atom. The fourth-order valence-corrected chi connectivity index (χ4v) is 5.45. The zero-order valence-corrected chi connectivity index (χ0v) is 19.4. The van der Waals surface area contributed by atoms with Crippen molar-refractivity contribution in [3.8, 4) is 0 Å². The second-order valence-corrected chi connectivity index (χ2v) is 9.05. The first-order chi connectivity index (χ1) is 16.1. The molecule has 2 fully saturated rings. The van der Waals surface area contributed by atoms with Crippen LogP contribution in [-0.2, 0) is 21.5 Å². The number of hydrogen-bond donors (Lipinski definition) is 0. The maximum Gasteiger partial charge on any atom is 0.410 e. The molecule has 2 aromatic carbocycles. The SMILES string of the molecule is CCOC(=O)N1CCCC(c2ccccc2)(C2CCN(C(=O)OCc3ccccc3)CC2)C1. The minimum absolute atomic E-state index is 0.119. The Morgan fingerprint density at radius 1 is 0.879 bits per heavy atom. The van der Waals surface area contributed by atoms with Gasteiger partial charge in [-0.1, -0.05) is 60.7 Å². The van der Waals surface area contributed by atoms with Crippen LogP contribution in [0.3, 0.4) is 0 Å². The predicted molar refractivity (Wildman–Crippen MR) is 127 cm³/mol. The largest absolute Gasteiger partial charge is 0.450 e. The summed E-state index contributed by atoms with van der Waals surface area (Å²) in [6.07, 6.45) is 3.31. The summed E-state index contributed by atoms with van der Waals surface area (Å²) in [6, 6.07) is 20.3. The third-order valence-electron chi connectivity index (χ3n) is 7.14. The van der Waals surface area contributed by atoms with Gasteiger partial charge >= 0.3 is 12.2 Å². The fraction of sp³-hybridized carbons (Fsp3) is 0.481. The monoisotopic (exact) mass is 450 g/mol. The Kier molecular flexibility index (Phi) is 7.53. The van der Waals surface area contributed by atoms with Gasteiger partial charge in [0.1, 0.15) is 6.61 Å². The summed E-state index contributed by atoms with van der Waals surface area (Å²) < 4.78 is 10.9. The van der Waals surface area contributed by atoms with Gasteiger partial charge in [0, 0.05) is 31.6 Å². The molecule has 0 bridgehead atoms. The normalized spacial score (nSPS) is 21.5. The number of amides is 2. The molecule has 2 amide bonds. The third-order valence-corrected chi connectivity index (χ3v) is 7.14. The van der Waals surface area contributed by atoms with Crippen molar-refractivity contribution in [2.24, 2.45) is 5.92 Å². The molecule has 2 heterocycles. The number of likely N-dealkylation sites (tertiary alicyclic amines) is 2. The highest BCUT2D eigenvalue weighted by Crippen LogP contribution is 2.45. The van der Waals surface area contributed by atoms with Crippen molar-refractivity contribution >= 4 is 12.2 Å². The van der Waals surface area contributed by atoms with Crippen LogP contribution in [0.4, 0.5) is 9.59 Å². The van der Waals surface area contributed by atoms with E-state index in [1.54, 1.807) is 0 Å². The highest BCUT2D eigenvalue weighted by molar-refractivity contribution is 5.68. The molecule has 33 heavy (non-hydrogen) atoms. The Balaban J connectivity index is 1.44. The van der Waals surface area contributed by atoms with Crippen LogP contribution in [0, 0.1) is 5.92 Å². The maximum atomic E-state index is 12.7. The molecule has 0 spiro atoms. The van der Waals surface area contributed by atoms with E-state index >= 15 is 0 Å². The molecule has 1 unspecified atom stereocenters. The molecule has 0 aromatic heterocycles. The number of ether oxygens (including phenoxy) is 2. The number of rotatable bonds is 5. The third kappa shape index (κ3) is 5.32. The van der Waals surface area contributed by atoms with E-state index in [1.165, 1.54) is 5.56 Å². The first kappa shape index (κ1) is 23.1. The lowest BCUT2D eigenvalue weighted by Gasteiger charge is -2.50. The van der Waals surface area contributed by atoms with Gasteiger partial charge in [-0.15, -0.1) is 0 Å². The van der Waals surface area contributed by atoms with Crippen molar-refractivity contribution in [3.05, 3.63) is 71.8 Å². The lowest BCUT2D eigenvalue weighted by Crippen LogP contribution is -2.54. The summed E-state index contributed by atoms with van der Waals surface area (Å²) in [7, 11) is 0. The van der Waals surface area contributed by atoms with E-state index in [0.29, 0.717) is 38.8 Å². The Hall–Kier alpha value is -3.02. The van der Waals surface area contributed by atoms with Gasteiger partial charge in [-0.2, -0.15) is 0 Å². The molecule has 0 aliphatic carbocycles. The summed E-state index contributed by atoms with van der Waals surface area (Å²) >= 11 is 0. The highest BCUT2D eigenvalue weighted by Gasteiger charge is 2.46. The van der Waals surface area contributed by atoms with E-state index in [4.69, 9.17) is 9.47 Å². The number of hydrogen-bond acceptors (Lipinski definition) is 4. The quantitative estimate of drug-likeness (QED) is 0.626. The van der Waals surface area contributed by atoms with E-state index < -0.39 is 0 Å². The standard InChI is InChI=1S/C27H34N2O4/c1-2-32-26(31)29-17-9-16-27(21-29,23-12-7-4-8-13-23)24-14-18-28(19-15-24)25(30)33-20-22-10-5-3-6-11-22/h3-8,10-13,24H,2,9,14-21H2,1H3. The lowest BCUT2D eigenvalue weighted by molar-refractivity contribution is 0.0388. The molecule has 6 heteroatoms. The molecule has 2 saturated heterocycles. The van der Waals surface area contributed by atoms with Crippen molar-refractivity contribution in [2.45, 2.75) is 44.6 Å². The van der Waals surface area contributed by atoms with E-state index in [0.717, 1.165) is 37.8 Å². The van der Waals surface area contributed by atoms with Crippen LogP contribution in [0.1, 0.15) is 43.7 Å².